The van der Waals surface area contributed by atoms with E-state index in [1.54, 1.807) is 38.1 Å². The first-order chi connectivity index (χ1) is 23.5. The van der Waals surface area contributed by atoms with Crippen LogP contribution in [0.25, 0.3) is 32.7 Å². The van der Waals surface area contributed by atoms with Crippen molar-refractivity contribution < 1.29 is 36.2 Å². The summed E-state index contributed by atoms with van der Waals surface area (Å²) in [5.41, 5.74) is 15.0. The molecule has 0 unspecified atom stereocenters. The molecule has 0 spiro atoms. The fourth-order valence-corrected chi connectivity index (χ4v) is 6.73. The number of hydrogen-bond donors (Lipinski definition) is 6. The van der Waals surface area contributed by atoms with Gasteiger partial charge in [0.2, 0.25) is 0 Å². The fourth-order valence-electron chi connectivity index (χ4n) is 5.42. The van der Waals surface area contributed by atoms with Gasteiger partial charge in [0, 0.05) is 22.1 Å². The lowest BCUT2D eigenvalue weighted by Crippen LogP contribution is -1.99. The predicted octanol–water partition coefficient (Wildman–Crippen LogP) is 8.18. The van der Waals surface area contributed by atoms with Crippen molar-refractivity contribution in [1.82, 2.24) is 0 Å². The van der Waals surface area contributed by atoms with Gasteiger partial charge in [-0.05, 0) is 114 Å². The summed E-state index contributed by atoms with van der Waals surface area (Å²) in [5.74, 6) is -1.00. The van der Waals surface area contributed by atoms with Crippen molar-refractivity contribution >= 4 is 75.9 Å². The Labute approximate surface area is 285 Å². The summed E-state index contributed by atoms with van der Waals surface area (Å²) in [4.78, 5) is -1.25. The average Bonchev–Trinajstić information content (AvgIpc) is 3.04. The number of nitrogen functional groups attached to an aromatic ring is 2. The SMILES string of the molecule is Cc1cc(-c2ccc(/N=N/c3c(S(=O)(=O)O)cc4ccc(N)cc4c3O)c(C)c2)ccc1/N=N/c1c(S(=O)(=O)O)cc2cc(N)ccc2c1O. The number of azo groups is 2. The van der Waals surface area contributed by atoms with Crippen molar-refractivity contribution in [3.8, 4) is 22.6 Å². The van der Waals surface area contributed by atoms with Crippen LogP contribution in [-0.4, -0.2) is 36.2 Å². The van der Waals surface area contributed by atoms with Crippen LogP contribution in [0.5, 0.6) is 11.5 Å². The number of nitrogens with zero attached hydrogens (tertiary/aromatic N) is 4. The second kappa shape index (κ2) is 12.5. The molecule has 50 heavy (non-hydrogen) atoms. The zero-order chi connectivity index (χ0) is 36.1. The minimum atomic E-state index is -4.79. The maximum absolute atomic E-state index is 12.2. The molecule has 254 valence electrons. The van der Waals surface area contributed by atoms with E-state index < -0.39 is 52.9 Å². The van der Waals surface area contributed by atoms with Gasteiger partial charge in [-0.15, -0.1) is 10.2 Å². The Bertz CT molecular complexity index is 2680. The summed E-state index contributed by atoms with van der Waals surface area (Å²) >= 11 is 0. The van der Waals surface area contributed by atoms with Crippen LogP contribution >= 0.6 is 0 Å². The molecule has 0 saturated heterocycles. The summed E-state index contributed by atoms with van der Waals surface area (Å²) in [5, 5.41) is 39.2. The van der Waals surface area contributed by atoms with Gasteiger partial charge in [0.25, 0.3) is 20.2 Å². The minimum Gasteiger partial charge on any atom is -0.505 e. The third kappa shape index (κ3) is 6.55. The average molecular weight is 713 g/mol. The monoisotopic (exact) mass is 712 g/mol. The second-order valence-corrected chi connectivity index (χ2v) is 14.2. The summed E-state index contributed by atoms with van der Waals surface area (Å²) in [7, 11) is -9.57. The Morgan fingerprint density at radius 3 is 1.48 bits per heavy atom. The van der Waals surface area contributed by atoms with Crippen LogP contribution in [0.4, 0.5) is 34.1 Å². The molecule has 0 radical (unpaired) electrons. The maximum Gasteiger partial charge on any atom is 0.296 e. The van der Waals surface area contributed by atoms with E-state index in [9.17, 15) is 36.2 Å². The van der Waals surface area contributed by atoms with Crippen LogP contribution in [-0.2, 0) is 20.2 Å². The van der Waals surface area contributed by atoms with Crippen LogP contribution in [0.1, 0.15) is 11.1 Å². The van der Waals surface area contributed by atoms with Crippen LogP contribution < -0.4 is 11.5 Å². The van der Waals surface area contributed by atoms with Crippen molar-refractivity contribution in [3.63, 3.8) is 0 Å². The van der Waals surface area contributed by atoms with E-state index in [0.29, 0.717) is 39.3 Å². The number of nitrogens with two attached hydrogens (primary N) is 2. The summed E-state index contributed by atoms with van der Waals surface area (Å²) in [6, 6.07) is 21.7. The van der Waals surface area contributed by atoms with Gasteiger partial charge in [-0.2, -0.15) is 27.1 Å². The van der Waals surface area contributed by atoms with Gasteiger partial charge >= 0.3 is 0 Å². The number of phenols is 2. The quantitative estimate of drug-likeness (QED) is 0.0526. The lowest BCUT2D eigenvalue weighted by Gasteiger charge is -2.10. The number of benzene rings is 6. The maximum atomic E-state index is 12.2. The zero-order valence-corrected chi connectivity index (χ0v) is 27.9. The Hall–Kier alpha value is -5.94. The molecule has 0 atom stereocenters. The van der Waals surface area contributed by atoms with E-state index in [-0.39, 0.29) is 16.2 Å². The molecule has 14 nitrogen and oxygen atoms in total. The van der Waals surface area contributed by atoms with Crippen LogP contribution in [0.3, 0.4) is 0 Å². The lowest BCUT2D eigenvalue weighted by molar-refractivity contribution is 0.471. The highest BCUT2D eigenvalue weighted by molar-refractivity contribution is 7.86. The Morgan fingerprint density at radius 1 is 0.520 bits per heavy atom. The van der Waals surface area contributed by atoms with Gasteiger partial charge in [-0.25, -0.2) is 0 Å². The van der Waals surface area contributed by atoms with Gasteiger partial charge in [-0.3, -0.25) is 9.11 Å². The molecule has 0 fully saturated rings. The summed E-state index contributed by atoms with van der Waals surface area (Å²) in [6.45, 7) is 3.52. The van der Waals surface area contributed by atoms with Gasteiger partial charge in [0.05, 0.1) is 11.4 Å². The molecule has 0 heterocycles. The van der Waals surface area contributed by atoms with E-state index >= 15 is 0 Å². The number of hydrogen-bond acceptors (Lipinski definition) is 12. The Balaban J connectivity index is 1.31. The van der Waals surface area contributed by atoms with Crippen molar-refractivity contribution in [2.24, 2.45) is 20.5 Å². The minimum absolute atomic E-state index is 0.232. The van der Waals surface area contributed by atoms with Crippen molar-refractivity contribution in [1.29, 1.82) is 0 Å². The smallest absolute Gasteiger partial charge is 0.296 e. The summed E-state index contributed by atoms with van der Waals surface area (Å²) < 4.78 is 68.3. The van der Waals surface area contributed by atoms with Crippen LogP contribution in [0.2, 0.25) is 0 Å². The number of rotatable bonds is 7. The third-order valence-corrected chi connectivity index (χ3v) is 9.68. The molecule has 0 bridgehead atoms. The number of anilines is 2. The highest BCUT2D eigenvalue weighted by atomic mass is 32.2. The predicted molar refractivity (Wildman–Crippen MR) is 189 cm³/mol. The first-order valence-corrected chi connectivity index (χ1v) is 17.5. The molecular weight excluding hydrogens is 685 g/mol. The normalized spacial score (nSPS) is 12.5. The molecule has 0 aromatic heterocycles. The first kappa shape index (κ1) is 33.9. The van der Waals surface area contributed by atoms with Gasteiger partial charge < -0.3 is 21.7 Å². The number of fused-ring (bicyclic) bond motifs is 2. The highest BCUT2D eigenvalue weighted by Crippen LogP contribution is 2.44. The zero-order valence-electron chi connectivity index (χ0n) is 26.3. The van der Waals surface area contributed by atoms with E-state index in [4.69, 9.17) is 11.5 Å². The van der Waals surface area contributed by atoms with Gasteiger partial charge in [0.15, 0.2) is 11.5 Å². The molecular formula is C34H28N6O8S2. The molecule has 0 aliphatic carbocycles. The molecule has 16 heteroatoms. The molecule has 6 aromatic carbocycles. The lowest BCUT2D eigenvalue weighted by atomic mass is 10.0. The van der Waals surface area contributed by atoms with Crippen molar-refractivity contribution in [3.05, 3.63) is 96.1 Å². The topological polar surface area (TPSA) is 251 Å². The molecule has 6 rings (SSSR count). The van der Waals surface area contributed by atoms with E-state index in [2.05, 4.69) is 20.5 Å². The molecule has 0 amide bonds. The molecule has 0 aliphatic heterocycles. The number of aryl methyl sites for hydroxylation is 2. The van der Waals surface area contributed by atoms with Crippen molar-refractivity contribution in [2.75, 3.05) is 11.5 Å². The van der Waals surface area contributed by atoms with Crippen molar-refractivity contribution in [2.45, 2.75) is 23.6 Å². The van der Waals surface area contributed by atoms with Gasteiger partial charge in [-0.1, -0.05) is 18.2 Å². The number of phenolic OH excluding ortho intramolecular Hbond substituents is 2. The molecule has 6 aromatic rings. The summed E-state index contributed by atoms with van der Waals surface area (Å²) in [6.07, 6.45) is 0. The van der Waals surface area contributed by atoms with E-state index in [1.165, 1.54) is 42.5 Å². The second-order valence-electron chi connectivity index (χ2n) is 11.5. The van der Waals surface area contributed by atoms with Crippen LogP contribution in [0.15, 0.2) is 115 Å². The first-order valence-electron chi connectivity index (χ1n) is 14.6. The molecule has 8 N–H and O–H groups in total. The Morgan fingerprint density at radius 2 is 0.980 bits per heavy atom. The highest BCUT2D eigenvalue weighted by Gasteiger charge is 2.23. The largest absolute Gasteiger partial charge is 0.505 e. The van der Waals surface area contributed by atoms with Crippen LogP contribution in [0, 0.1) is 13.8 Å². The number of aromatic hydroxyl groups is 2. The third-order valence-electron chi connectivity index (χ3n) is 7.95. The van der Waals surface area contributed by atoms with E-state index in [0.717, 1.165) is 17.2 Å². The standard InChI is InChI=1S/C34H28N6O8S2/c1-17-11-19(4-9-27(17)37-39-31-30(50(46,47)48)15-22-13-23(35)7-8-25(22)33(31)41)20-5-10-28(18(2)12-20)38-40-32-29(49(43,44)45)14-21-3-6-24(36)16-26(21)34(32)42/h3-16,41-42H,35-36H2,1-2H3,(H,43,44,45)(H,46,47,48)/b39-37+,40-38+. The Kier molecular flexibility index (Phi) is 8.49. The molecule has 0 aliphatic rings. The van der Waals surface area contributed by atoms with Gasteiger partial charge in [0.1, 0.15) is 21.2 Å². The van der Waals surface area contributed by atoms with E-state index in [1.807, 2.05) is 12.1 Å². The molecule has 0 saturated carbocycles. The fraction of sp³-hybridized carbons (Fsp3) is 0.0588.